The van der Waals surface area contributed by atoms with Crippen LogP contribution >= 0.6 is 0 Å². The van der Waals surface area contributed by atoms with Crippen LogP contribution in [0.4, 0.5) is 11.5 Å². The van der Waals surface area contributed by atoms with Gasteiger partial charge in [0.1, 0.15) is 5.82 Å². The van der Waals surface area contributed by atoms with Crippen LogP contribution in [0.3, 0.4) is 0 Å². The average molecular weight is 506 g/mol. The molecule has 4 atom stereocenters. The summed E-state index contributed by atoms with van der Waals surface area (Å²) in [5, 5.41) is 16.8. The van der Waals surface area contributed by atoms with Gasteiger partial charge in [-0.1, -0.05) is 18.2 Å². The van der Waals surface area contributed by atoms with Gasteiger partial charge in [0.05, 0.1) is 19.6 Å². The summed E-state index contributed by atoms with van der Waals surface area (Å²) in [6.07, 6.45) is 4.57. The fraction of sp³-hybridized carbons (Fsp3) is 0.586. The zero-order valence-electron chi connectivity index (χ0n) is 21.6. The second-order valence-electron chi connectivity index (χ2n) is 11.1. The van der Waals surface area contributed by atoms with E-state index in [0.29, 0.717) is 17.9 Å². The Morgan fingerprint density at radius 2 is 2.03 bits per heavy atom. The smallest absolute Gasteiger partial charge is 0.305 e. The molecule has 1 aromatic heterocycles. The minimum absolute atomic E-state index is 0.106. The summed E-state index contributed by atoms with van der Waals surface area (Å²) in [6, 6.07) is 13.1. The van der Waals surface area contributed by atoms with Crippen LogP contribution in [0.15, 0.2) is 36.4 Å². The highest BCUT2D eigenvalue weighted by Crippen LogP contribution is 2.47. The highest BCUT2D eigenvalue weighted by atomic mass is 16.5. The van der Waals surface area contributed by atoms with Crippen molar-refractivity contribution in [2.45, 2.75) is 44.2 Å². The lowest BCUT2D eigenvalue weighted by molar-refractivity contribution is -0.137. The van der Waals surface area contributed by atoms with Gasteiger partial charge in [-0.3, -0.25) is 4.79 Å². The monoisotopic (exact) mass is 505 g/mol. The molecule has 6 rings (SSSR count). The molecule has 1 aliphatic carbocycles. The summed E-state index contributed by atoms with van der Waals surface area (Å²) in [7, 11) is 0. The van der Waals surface area contributed by atoms with Crippen molar-refractivity contribution in [3.63, 3.8) is 0 Å². The van der Waals surface area contributed by atoms with Crippen LogP contribution in [-0.4, -0.2) is 79.5 Å². The molecule has 198 valence electrons. The van der Waals surface area contributed by atoms with Crippen molar-refractivity contribution < 1.29 is 14.6 Å². The van der Waals surface area contributed by atoms with E-state index in [0.717, 1.165) is 88.8 Å². The number of anilines is 2. The maximum atomic E-state index is 11.7. The number of carbonyl (C=O) groups is 1. The number of ether oxygens (including phenoxy) is 1. The van der Waals surface area contributed by atoms with Crippen LogP contribution in [0.25, 0.3) is 0 Å². The Kier molecular flexibility index (Phi) is 7.31. The Morgan fingerprint density at radius 1 is 1.19 bits per heavy atom. The van der Waals surface area contributed by atoms with E-state index in [2.05, 4.69) is 56.8 Å². The zero-order chi connectivity index (χ0) is 25.2. The molecule has 2 saturated heterocycles. The highest BCUT2D eigenvalue weighted by molar-refractivity contribution is 5.68. The van der Waals surface area contributed by atoms with Crippen molar-refractivity contribution in [3.05, 3.63) is 53.2 Å². The van der Waals surface area contributed by atoms with Crippen molar-refractivity contribution in [1.29, 1.82) is 0 Å². The van der Waals surface area contributed by atoms with Gasteiger partial charge in [0.2, 0.25) is 0 Å². The van der Waals surface area contributed by atoms with E-state index in [-0.39, 0.29) is 12.5 Å². The predicted octanol–water partition coefficient (Wildman–Crippen LogP) is 2.94. The van der Waals surface area contributed by atoms with Crippen molar-refractivity contribution in [3.8, 4) is 0 Å². The number of morpholine rings is 1. The Bertz CT molecular complexity index is 1090. The standard InChI is InChI=1S/C29H39N5O3/c35-27(36)17-26(21-4-1-7-23(16-21)34-12-14-37-15-13-34)32-28-24-18-33(19-25(24)28)11-3-6-22-9-8-20-5-2-10-30-29(20)31-22/h1,4,7-9,16,24-26,28,32H,2-3,5-6,10-15,17-19H2,(H,30,31)(H,35,36)/t24-,25+,26-,28?/m1/s1. The molecule has 4 heterocycles. The molecule has 3 fully saturated rings. The summed E-state index contributed by atoms with van der Waals surface area (Å²) >= 11 is 0. The van der Waals surface area contributed by atoms with Gasteiger partial charge >= 0.3 is 5.97 Å². The second kappa shape index (κ2) is 11.0. The number of likely N-dealkylation sites (tertiary alicyclic amines) is 1. The molecule has 8 heteroatoms. The minimum atomic E-state index is -0.757. The van der Waals surface area contributed by atoms with Crippen molar-refractivity contribution >= 4 is 17.5 Å². The largest absolute Gasteiger partial charge is 0.481 e. The van der Waals surface area contributed by atoms with Crippen LogP contribution in [0.2, 0.25) is 0 Å². The van der Waals surface area contributed by atoms with Gasteiger partial charge in [-0.25, -0.2) is 4.98 Å². The van der Waals surface area contributed by atoms with E-state index < -0.39 is 5.97 Å². The fourth-order valence-corrected chi connectivity index (χ4v) is 6.48. The minimum Gasteiger partial charge on any atom is -0.481 e. The second-order valence-corrected chi connectivity index (χ2v) is 11.1. The number of aliphatic carboxylic acids is 1. The third-order valence-electron chi connectivity index (χ3n) is 8.55. The van der Waals surface area contributed by atoms with Gasteiger partial charge in [0.25, 0.3) is 0 Å². The van der Waals surface area contributed by atoms with Gasteiger partial charge in [-0.05, 0) is 73.4 Å². The molecule has 1 unspecified atom stereocenters. The number of carboxylic acids is 1. The van der Waals surface area contributed by atoms with E-state index in [1.165, 1.54) is 17.7 Å². The normalized spacial score (nSPS) is 25.7. The van der Waals surface area contributed by atoms with Crippen LogP contribution in [0.1, 0.15) is 42.1 Å². The topological polar surface area (TPSA) is 90.0 Å². The number of aromatic nitrogens is 1. The molecule has 3 N–H and O–H groups in total. The maximum Gasteiger partial charge on any atom is 0.305 e. The molecule has 8 nitrogen and oxygen atoms in total. The number of fused-ring (bicyclic) bond motifs is 2. The number of hydrogen-bond donors (Lipinski definition) is 3. The number of rotatable bonds is 10. The molecule has 0 bridgehead atoms. The summed E-state index contributed by atoms with van der Waals surface area (Å²) < 4.78 is 5.49. The lowest BCUT2D eigenvalue weighted by atomic mass is 10.0. The van der Waals surface area contributed by atoms with E-state index in [4.69, 9.17) is 9.72 Å². The van der Waals surface area contributed by atoms with Crippen LogP contribution in [-0.2, 0) is 22.4 Å². The molecule has 1 aromatic carbocycles. The molecule has 0 spiro atoms. The van der Waals surface area contributed by atoms with Crippen molar-refractivity contribution in [2.24, 2.45) is 11.8 Å². The van der Waals surface area contributed by atoms with E-state index >= 15 is 0 Å². The third-order valence-corrected chi connectivity index (χ3v) is 8.55. The number of aryl methyl sites for hydroxylation is 2. The first-order valence-corrected chi connectivity index (χ1v) is 14.0. The van der Waals surface area contributed by atoms with Crippen molar-refractivity contribution in [1.82, 2.24) is 15.2 Å². The molecular formula is C29H39N5O3. The molecular weight excluding hydrogens is 466 g/mol. The van der Waals surface area contributed by atoms with Gasteiger partial charge in [0.15, 0.2) is 0 Å². The Morgan fingerprint density at radius 3 is 2.84 bits per heavy atom. The highest BCUT2D eigenvalue weighted by Gasteiger charge is 2.55. The number of piperidine rings is 1. The summed E-state index contributed by atoms with van der Waals surface area (Å²) in [4.78, 5) is 21.4. The quantitative estimate of drug-likeness (QED) is 0.454. The van der Waals surface area contributed by atoms with Crippen LogP contribution in [0.5, 0.6) is 0 Å². The van der Waals surface area contributed by atoms with Crippen molar-refractivity contribution in [2.75, 3.05) is 62.7 Å². The zero-order valence-corrected chi connectivity index (χ0v) is 21.6. The number of carboxylic acid groups (broad SMARTS) is 1. The maximum absolute atomic E-state index is 11.7. The van der Waals surface area contributed by atoms with E-state index in [9.17, 15) is 9.90 Å². The lowest BCUT2D eigenvalue weighted by Gasteiger charge is -2.30. The van der Waals surface area contributed by atoms with E-state index in [1.54, 1.807) is 0 Å². The molecule has 2 aromatic rings. The first kappa shape index (κ1) is 24.6. The molecule has 0 radical (unpaired) electrons. The third kappa shape index (κ3) is 5.76. The predicted molar refractivity (Wildman–Crippen MR) is 144 cm³/mol. The summed E-state index contributed by atoms with van der Waals surface area (Å²) in [6.45, 7) is 7.58. The summed E-state index contributed by atoms with van der Waals surface area (Å²) in [5.41, 5.74) is 4.76. The Hall–Kier alpha value is -2.68. The van der Waals surface area contributed by atoms with Gasteiger partial charge in [0, 0.05) is 56.2 Å². The number of hydrogen-bond acceptors (Lipinski definition) is 7. The average Bonchev–Trinajstić information content (AvgIpc) is 3.36. The molecule has 0 amide bonds. The van der Waals surface area contributed by atoms with Crippen LogP contribution < -0.4 is 15.5 Å². The summed E-state index contributed by atoms with van der Waals surface area (Å²) in [5.74, 6) is 1.59. The van der Waals surface area contributed by atoms with Gasteiger partial charge in [-0.15, -0.1) is 0 Å². The fourth-order valence-electron chi connectivity index (χ4n) is 6.48. The Balaban J connectivity index is 0.997. The first-order valence-electron chi connectivity index (χ1n) is 14.0. The number of benzene rings is 1. The SMILES string of the molecule is O=C(O)C[C@@H](NC1[C@H]2CN(CCCc3ccc4c(n3)NCCC4)C[C@@H]12)c1cccc(N2CCOCC2)c1. The molecule has 4 aliphatic rings. The Labute approximate surface area is 219 Å². The lowest BCUT2D eigenvalue weighted by Crippen LogP contribution is -2.36. The number of pyridine rings is 1. The van der Waals surface area contributed by atoms with Crippen LogP contribution in [0, 0.1) is 11.8 Å². The number of nitrogens with zero attached hydrogens (tertiary/aromatic N) is 3. The van der Waals surface area contributed by atoms with Gasteiger partial charge in [-0.2, -0.15) is 0 Å². The molecule has 37 heavy (non-hydrogen) atoms. The first-order chi connectivity index (χ1) is 18.1. The van der Waals surface area contributed by atoms with Gasteiger partial charge < -0.3 is 30.3 Å². The molecule has 3 aliphatic heterocycles. The molecule has 1 saturated carbocycles. The van der Waals surface area contributed by atoms with E-state index in [1.807, 2.05) is 0 Å². The number of nitrogens with one attached hydrogen (secondary N) is 2.